The molecule has 0 saturated heterocycles. The first-order chi connectivity index (χ1) is 18.3. The van der Waals surface area contributed by atoms with Crippen LogP contribution in [0, 0.1) is 0 Å². The van der Waals surface area contributed by atoms with Crippen LogP contribution in [0.3, 0.4) is 0 Å². The van der Waals surface area contributed by atoms with Crippen LogP contribution in [0.25, 0.3) is 0 Å². The van der Waals surface area contributed by atoms with Gasteiger partial charge in [0.1, 0.15) is 0 Å². The zero-order chi connectivity index (χ0) is 26.9. The summed E-state index contributed by atoms with van der Waals surface area (Å²) in [5.41, 5.74) is 0. The van der Waals surface area contributed by atoms with Crippen LogP contribution < -0.4 is 0 Å². The van der Waals surface area contributed by atoms with Crippen LogP contribution in [-0.4, -0.2) is 12.6 Å². The Morgan fingerprint density at radius 3 is 1.16 bits per heavy atom. The largest absolute Gasteiger partial charge is 0.466 e. The Morgan fingerprint density at radius 2 is 0.757 bits per heavy atom. The molecule has 0 atom stereocenters. The molecular formula is C35H68O2. The van der Waals surface area contributed by atoms with Crippen molar-refractivity contribution in [3.63, 3.8) is 0 Å². The molecule has 2 nitrogen and oxygen atoms in total. The smallest absolute Gasteiger partial charge is 0.305 e. The molecule has 220 valence electrons. The molecule has 0 saturated carbocycles. The molecule has 0 spiro atoms. The Bertz CT molecular complexity index is 456. The van der Waals surface area contributed by atoms with Crippen molar-refractivity contribution < 1.29 is 9.53 Å². The van der Waals surface area contributed by atoms with E-state index in [9.17, 15) is 4.79 Å². The average Bonchev–Trinajstić information content (AvgIpc) is 2.90. The quantitative estimate of drug-likeness (QED) is 0.0516. The van der Waals surface area contributed by atoms with E-state index in [1.807, 2.05) is 0 Å². The fourth-order valence-corrected chi connectivity index (χ4v) is 5.07. The van der Waals surface area contributed by atoms with Gasteiger partial charge in [-0.3, -0.25) is 4.79 Å². The van der Waals surface area contributed by atoms with E-state index in [0.29, 0.717) is 13.0 Å². The molecule has 0 aromatic carbocycles. The van der Waals surface area contributed by atoms with Gasteiger partial charge in [-0.05, 0) is 38.5 Å². The van der Waals surface area contributed by atoms with Gasteiger partial charge in [-0.1, -0.05) is 167 Å². The highest BCUT2D eigenvalue weighted by atomic mass is 16.5. The molecule has 0 aliphatic rings. The lowest BCUT2D eigenvalue weighted by molar-refractivity contribution is -0.143. The van der Waals surface area contributed by atoms with Gasteiger partial charge in [0, 0.05) is 6.42 Å². The van der Waals surface area contributed by atoms with Crippen LogP contribution in [0.2, 0.25) is 0 Å². The minimum atomic E-state index is 0.0201. The third kappa shape index (κ3) is 33.2. The fourth-order valence-electron chi connectivity index (χ4n) is 5.07. The summed E-state index contributed by atoms with van der Waals surface area (Å²) >= 11 is 0. The first-order valence-corrected chi connectivity index (χ1v) is 17.1. The van der Waals surface area contributed by atoms with E-state index < -0.39 is 0 Å². The predicted molar refractivity (Wildman–Crippen MR) is 165 cm³/mol. The van der Waals surface area contributed by atoms with E-state index in [2.05, 4.69) is 26.0 Å². The number of carbonyl (C=O) groups excluding carboxylic acids is 1. The fraction of sp³-hybridized carbons (Fsp3) is 0.914. The zero-order valence-corrected chi connectivity index (χ0v) is 25.7. The van der Waals surface area contributed by atoms with Crippen LogP contribution in [0.4, 0.5) is 0 Å². The molecule has 0 aliphatic carbocycles. The lowest BCUT2D eigenvalue weighted by atomic mass is 10.0. The number of unbranched alkanes of at least 4 members (excludes halogenated alkanes) is 25. The molecule has 0 aromatic rings. The zero-order valence-electron chi connectivity index (χ0n) is 25.7. The SMILES string of the molecule is CCCCCCCC/C=C/CCCCCCCCOC(=O)CCCCCCCCCCCCCCCC. The van der Waals surface area contributed by atoms with Crippen molar-refractivity contribution in [2.75, 3.05) is 6.61 Å². The van der Waals surface area contributed by atoms with E-state index in [-0.39, 0.29) is 5.97 Å². The number of rotatable bonds is 31. The average molecular weight is 521 g/mol. The highest BCUT2D eigenvalue weighted by Gasteiger charge is 2.02. The minimum Gasteiger partial charge on any atom is -0.466 e. The molecule has 0 N–H and O–H groups in total. The Hall–Kier alpha value is -0.790. The summed E-state index contributed by atoms with van der Waals surface area (Å²) in [5.74, 6) is 0.0201. The van der Waals surface area contributed by atoms with Crippen molar-refractivity contribution in [3.8, 4) is 0 Å². The monoisotopic (exact) mass is 521 g/mol. The maximum atomic E-state index is 11.9. The van der Waals surface area contributed by atoms with Gasteiger partial charge in [0.05, 0.1) is 6.61 Å². The van der Waals surface area contributed by atoms with Crippen LogP contribution in [-0.2, 0) is 9.53 Å². The van der Waals surface area contributed by atoms with Crippen LogP contribution >= 0.6 is 0 Å². The van der Waals surface area contributed by atoms with Gasteiger partial charge in [-0.25, -0.2) is 0 Å². The number of allylic oxidation sites excluding steroid dienone is 2. The molecule has 37 heavy (non-hydrogen) atoms. The van der Waals surface area contributed by atoms with Gasteiger partial charge in [-0.2, -0.15) is 0 Å². The van der Waals surface area contributed by atoms with Crippen LogP contribution in [0.15, 0.2) is 12.2 Å². The molecule has 0 fully saturated rings. The third-order valence-corrected chi connectivity index (χ3v) is 7.65. The number of esters is 1. The van der Waals surface area contributed by atoms with Crippen LogP contribution in [0.5, 0.6) is 0 Å². The summed E-state index contributed by atoms with van der Waals surface area (Å²) in [6.45, 7) is 5.19. The van der Waals surface area contributed by atoms with Crippen molar-refractivity contribution in [1.29, 1.82) is 0 Å². The summed E-state index contributed by atoms with van der Waals surface area (Å²) in [6, 6.07) is 0. The van der Waals surface area contributed by atoms with Gasteiger partial charge in [-0.15, -0.1) is 0 Å². The highest BCUT2D eigenvalue weighted by Crippen LogP contribution is 2.14. The van der Waals surface area contributed by atoms with Gasteiger partial charge < -0.3 is 4.74 Å². The van der Waals surface area contributed by atoms with E-state index in [0.717, 1.165) is 12.8 Å². The number of hydrogen-bond acceptors (Lipinski definition) is 2. The Balaban J connectivity index is 3.18. The topological polar surface area (TPSA) is 26.3 Å². The van der Waals surface area contributed by atoms with Gasteiger partial charge in [0.2, 0.25) is 0 Å². The second kappa shape index (κ2) is 33.2. The van der Waals surface area contributed by atoms with E-state index in [1.54, 1.807) is 0 Å². The molecule has 0 amide bonds. The Labute approximate surface area is 234 Å². The normalized spacial score (nSPS) is 11.5. The van der Waals surface area contributed by atoms with Crippen LogP contribution in [0.1, 0.15) is 200 Å². The van der Waals surface area contributed by atoms with Crippen molar-refractivity contribution >= 4 is 5.97 Å². The Morgan fingerprint density at radius 1 is 0.432 bits per heavy atom. The summed E-state index contributed by atoms with van der Waals surface area (Å²) in [6.07, 6.45) is 42.6. The second-order valence-electron chi connectivity index (χ2n) is 11.5. The lowest BCUT2D eigenvalue weighted by Gasteiger charge is -2.05. The molecular weight excluding hydrogens is 452 g/mol. The maximum Gasteiger partial charge on any atom is 0.305 e. The van der Waals surface area contributed by atoms with Crippen molar-refractivity contribution in [2.45, 2.75) is 200 Å². The molecule has 0 aliphatic heterocycles. The third-order valence-electron chi connectivity index (χ3n) is 7.65. The molecule has 0 heterocycles. The van der Waals surface area contributed by atoms with Crippen molar-refractivity contribution in [1.82, 2.24) is 0 Å². The first-order valence-electron chi connectivity index (χ1n) is 17.1. The van der Waals surface area contributed by atoms with Crippen molar-refractivity contribution in [2.24, 2.45) is 0 Å². The summed E-state index contributed by atoms with van der Waals surface area (Å²) in [5, 5.41) is 0. The molecule has 0 rings (SSSR count). The highest BCUT2D eigenvalue weighted by molar-refractivity contribution is 5.69. The number of carbonyl (C=O) groups is 1. The lowest BCUT2D eigenvalue weighted by Crippen LogP contribution is -2.05. The first kappa shape index (κ1) is 36.2. The standard InChI is InChI=1S/C35H68O2/c1-3-5-7-9-11-13-15-17-19-20-22-24-26-28-30-32-34-37-35(36)33-31-29-27-25-23-21-18-16-14-12-10-8-6-4-2/h17,19H,3-16,18,20-34H2,1-2H3/b19-17+. The van der Waals surface area contributed by atoms with Gasteiger partial charge in [0.15, 0.2) is 0 Å². The molecule has 2 heteroatoms. The van der Waals surface area contributed by atoms with E-state index >= 15 is 0 Å². The number of hydrogen-bond donors (Lipinski definition) is 0. The molecule has 0 radical (unpaired) electrons. The maximum absolute atomic E-state index is 11.9. The second-order valence-corrected chi connectivity index (χ2v) is 11.5. The Kier molecular flexibility index (Phi) is 32.5. The summed E-state index contributed by atoms with van der Waals surface area (Å²) in [4.78, 5) is 11.9. The minimum absolute atomic E-state index is 0.0201. The molecule has 0 bridgehead atoms. The predicted octanol–water partition coefficient (Wildman–Crippen LogP) is 12.4. The van der Waals surface area contributed by atoms with Gasteiger partial charge in [0.25, 0.3) is 0 Å². The molecule has 0 unspecified atom stereocenters. The number of ether oxygens (including phenoxy) is 1. The van der Waals surface area contributed by atoms with E-state index in [1.165, 1.54) is 167 Å². The van der Waals surface area contributed by atoms with Gasteiger partial charge >= 0.3 is 5.97 Å². The van der Waals surface area contributed by atoms with Crippen molar-refractivity contribution in [3.05, 3.63) is 12.2 Å². The van der Waals surface area contributed by atoms with E-state index in [4.69, 9.17) is 4.74 Å². The summed E-state index contributed by atoms with van der Waals surface area (Å²) in [7, 11) is 0. The summed E-state index contributed by atoms with van der Waals surface area (Å²) < 4.78 is 5.43. The molecule has 0 aromatic heterocycles.